The van der Waals surface area contributed by atoms with Crippen LogP contribution >= 0.6 is 0 Å². The smallest absolute Gasteiger partial charge is 0.252 e. The molecule has 2 rings (SSSR count). The molecule has 2 atom stereocenters. The van der Waals surface area contributed by atoms with Crippen LogP contribution in [0.4, 0.5) is 0 Å². The number of hydrogen-bond acceptors (Lipinski definition) is 3. The van der Waals surface area contributed by atoms with Crippen LogP contribution in [0.15, 0.2) is 23.4 Å². The van der Waals surface area contributed by atoms with E-state index in [9.17, 15) is 4.79 Å². The molecule has 1 amide bonds. The Morgan fingerprint density at radius 1 is 1.35 bits per heavy atom. The third kappa shape index (κ3) is 2.76. The number of amides is 1. The average molecular weight is 275 g/mol. The normalized spacial score (nSPS) is 22.8. The zero-order valence-corrected chi connectivity index (χ0v) is 11.9. The number of aryl methyl sites for hydroxylation is 2. The maximum Gasteiger partial charge on any atom is 0.252 e. The second-order valence-corrected chi connectivity index (χ2v) is 5.41. The summed E-state index contributed by atoms with van der Waals surface area (Å²) in [5, 5.41) is 14.9. The van der Waals surface area contributed by atoms with E-state index in [1.807, 2.05) is 32.0 Å². The highest BCUT2D eigenvalue weighted by Crippen LogP contribution is 2.26. The highest BCUT2D eigenvalue weighted by molar-refractivity contribution is 5.97. The largest absolute Gasteiger partial charge is 0.409 e. The lowest BCUT2D eigenvalue weighted by molar-refractivity contribution is 0.0932. The van der Waals surface area contributed by atoms with Gasteiger partial charge < -0.3 is 16.3 Å². The summed E-state index contributed by atoms with van der Waals surface area (Å²) < 4.78 is 0. The topological polar surface area (TPSA) is 87.7 Å². The molecule has 108 valence electrons. The lowest BCUT2D eigenvalue weighted by Gasteiger charge is -2.21. The number of rotatable bonds is 3. The van der Waals surface area contributed by atoms with E-state index < -0.39 is 0 Å². The number of carbonyl (C=O) groups is 1. The van der Waals surface area contributed by atoms with Crippen molar-refractivity contribution in [2.45, 2.75) is 39.2 Å². The van der Waals surface area contributed by atoms with Gasteiger partial charge in [0.05, 0.1) is 0 Å². The predicted octanol–water partition coefficient (Wildman–Crippen LogP) is 1.95. The number of hydrogen-bond donors (Lipinski definition) is 3. The summed E-state index contributed by atoms with van der Waals surface area (Å²) >= 11 is 0. The van der Waals surface area contributed by atoms with Crippen LogP contribution in [-0.2, 0) is 0 Å². The molecule has 0 aliphatic heterocycles. The molecule has 0 radical (unpaired) electrons. The Morgan fingerprint density at radius 2 is 2.00 bits per heavy atom. The van der Waals surface area contributed by atoms with E-state index in [2.05, 4.69) is 10.5 Å². The monoisotopic (exact) mass is 275 g/mol. The zero-order chi connectivity index (χ0) is 14.7. The first-order chi connectivity index (χ1) is 9.54. The second kappa shape index (κ2) is 5.94. The minimum Gasteiger partial charge on any atom is -0.409 e. The number of oxime groups is 1. The predicted molar refractivity (Wildman–Crippen MR) is 77.9 cm³/mol. The Bertz CT molecular complexity index is 520. The molecule has 0 aromatic heterocycles. The Balaban J connectivity index is 2.16. The maximum absolute atomic E-state index is 12.4. The average Bonchev–Trinajstić information content (AvgIpc) is 2.85. The van der Waals surface area contributed by atoms with Crippen molar-refractivity contribution < 1.29 is 10.0 Å². The van der Waals surface area contributed by atoms with Gasteiger partial charge in [-0.3, -0.25) is 4.79 Å². The summed E-state index contributed by atoms with van der Waals surface area (Å²) in [6.07, 6.45) is 2.67. The van der Waals surface area contributed by atoms with E-state index in [1.54, 1.807) is 0 Å². The van der Waals surface area contributed by atoms with Crippen LogP contribution in [0, 0.1) is 19.8 Å². The molecule has 1 saturated carbocycles. The van der Waals surface area contributed by atoms with Crippen LogP contribution in [0.25, 0.3) is 0 Å². The fourth-order valence-corrected chi connectivity index (χ4v) is 2.97. The molecule has 5 heteroatoms. The summed E-state index contributed by atoms with van der Waals surface area (Å²) in [5.41, 5.74) is 8.33. The first-order valence-corrected chi connectivity index (χ1v) is 6.89. The number of nitrogens with zero attached hydrogens (tertiary/aromatic N) is 1. The fraction of sp³-hybridized carbons (Fsp3) is 0.467. The lowest BCUT2D eigenvalue weighted by atomic mass is 9.99. The molecule has 0 spiro atoms. The Morgan fingerprint density at radius 3 is 2.60 bits per heavy atom. The van der Waals surface area contributed by atoms with Crippen LogP contribution in [-0.4, -0.2) is 23.0 Å². The second-order valence-electron chi connectivity index (χ2n) is 5.41. The Hall–Kier alpha value is -2.04. The first-order valence-electron chi connectivity index (χ1n) is 6.89. The molecule has 1 aliphatic rings. The van der Waals surface area contributed by atoms with Crippen LogP contribution in [0.2, 0.25) is 0 Å². The van der Waals surface area contributed by atoms with Crippen molar-refractivity contribution in [2.75, 3.05) is 0 Å². The van der Waals surface area contributed by atoms with Gasteiger partial charge in [-0.2, -0.15) is 0 Å². The van der Waals surface area contributed by atoms with Crippen molar-refractivity contribution in [3.8, 4) is 0 Å². The summed E-state index contributed by atoms with van der Waals surface area (Å²) in [4.78, 5) is 12.4. The molecular weight excluding hydrogens is 254 g/mol. The minimum atomic E-state index is -0.0803. The number of benzene rings is 1. The lowest BCUT2D eigenvalue weighted by Crippen LogP contribution is -2.42. The van der Waals surface area contributed by atoms with Gasteiger partial charge in [-0.05, 0) is 37.8 Å². The minimum absolute atomic E-state index is 0.0580. The third-order valence-electron chi connectivity index (χ3n) is 4.04. The van der Waals surface area contributed by atoms with Crippen molar-refractivity contribution >= 4 is 11.7 Å². The van der Waals surface area contributed by atoms with Crippen molar-refractivity contribution in [1.29, 1.82) is 0 Å². The van der Waals surface area contributed by atoms with E-state index in [0.29, 0.717) is 0 Å². The van der Waals surface area contributed by atoms with Gasteiger partial charge >= 0.3 is 0 Å². The van der Waals surface area contributed by atoms with Gasteiger partial charge in [-0.25, -0.2) is 0 Å². The van der Waals surface area contributed by atoms with E-state index in [4.69, 9.17) is 10.9 Å². The van der Waals surface area contributed by atoms with E-state index in [-0.39, 0.29) is 23.7 Å². The van der Waals surface area contributed by atoms with Gasteiger partial charge in [0, 0.05) is 17.5 Å². The molecule has 5 nitrogen and oxygen atoms in total. The summed E-state index contributed by atoms with van der Waals surface area (Å²) in [6.45, 7) is 3.86. The zero-order valence-electron chi connectivity index (χ0n) is 11.9. The molecule has 2 unspecified atom stereocenters. The van der Waals surface area contributed by atoms with Gasteiger partial charge in [-0.1, -0.05) is 29.8 Å². The Kier molecular flexibility index (Phi) is 4.27. The van der Waals surface area contributed by atoms with E-state index >= 15 is 0 Å². The quantitative estimate of drug-likeness (QED) is 0.341. The van der Waals surface area contributed by atoms with Gasteiger partial charge in [0.25, 0.3) is 5.91 Å². The molecule has 4 N–H and O–H groups in total. The van der Waals surface area contributed by atoms with Gasteiger partial charge in [-0.15, -0.1) is 0 Å². The van der Waals surface area contributed by atoms with Crippen molar-refractivity contribution in [2.24, 2.45) is 16.8 Å². The molecule has 0 saturated heterocycles. The molecular formula is C15H21N3O2. The van der Waals surface area contributed by atoms with Crippen LogP contribution in [0.5, 0.6) is 0 Å². The molecule has 0 heterocycles. The molecule has 20 heavy (non-hydrogen) atoms. The van der Waals surface area contributed by atoms with Crippen molar-refractivity contribution in [3.05, 3.63) is 34.9 Å². The summed E-state index contributed by atoms with van der Waals surface area (Å²) in [5.74, 6) is 0.0471. The number of nitrogens with one attached hydrogen (secondary N) is 1. The molecule has 1 aromatic carbocycles. The Labute approximate surface area is 118 Å². The molecule has 1 aliphatic carbocycles. The van der Waals surface area contributed by atoms with Gasteiger partial charge in [0.2, 0.25) is 0 Å². The van der Waals surface area contributed by atoms with E-state index in [0.717, 1.165) is 36.0 Å². The standard InChI is InChI=1S/C15H21N3O2/c1-9-5-3-6-10(2)13(9)15(19)17-12-8-4-7-11(12)14(16)18-20/h3,5-6,11-12,20H,4,7-8H2,1-2H3,(H2,16,18)(H,17,19). The van der Waals surface area contributed by atoms with Crippen LogP contribution in [0.3, 0.4) is 0 Å². The fourth-order valence-electron chi connectivity index (χ4n) is 2.97. The third-order valence-corrected chi connectivity index (χ3v) is 4.04. The van der Waals surface area contributed by atoms with Crippen LogP contribution < -0.4 is 11.1 Å². The van der Waals surface area contributed by atoms with Gasteiger partial charge in [0.15, 0.2) is 0 Å². The van der Waals surface area contributed by atoms with Gasteiger partial charge in [0.1, 0.15) is 5.84 Å². The van der Waals surface area contributed by atoms with Crippen molar-refractivity contribution in [1.82, 2.24) is 5.32 Å². The number of carbonyl (C=O) groups excluding carboxylic acids is 1. The maximum atomic E-state index is 12.4. The first kappa shape index (κ1) is 14.4. The number of amidine groups is 1. The molecule has 1 fully saturated rings. The summed E-state index contributed by atoms with van der Waals surface area (Å²) in [7, 11) is 0. The number of nitrogens with two attached hydrogens (primary N) is 1. The van der Waals surface area contributed by atoms with Crippen LogP contribution in [0.1, 0.15) is 40.7 Å². The van der Waals surface area contributed by atoms with E-state index in [1.165, 1.54) is 0 Å². The highest BCUT2D eigenvalue weighted by Gasteiger charge is 2.32. The molecule has 0 bridgehead atoms. The SMILES string of the molecule is Cc1cccc(C)c1C(=O)NC1CCCC1/C(N)=N/O. The van der Waals surface area contributed by atoms with Crippen molar-refractivity contribution in [3.63, 3.8) is 0 Å². The highest BCUT2D eigenvalue weighted by atomic mass is 16.4. The molecule has 1 aromatic rings. The summed E-state index contributed by atoms with van der Waals surface area (Å²) in [6, 6.07) is 5.74.